The molecule has 0 aliphatic carbocycles. The third kappa shape index (κ3) is 5.58. The summed E-state index contributed by atoms with van der Waals surface area (Å²) in [5.74, 6) is -3.22. The predicted octanol–water partition coefficient (Wildman–Crippen LogP) is 4.92. The van der Waals surface area contributed by atoms with Gasteiger partial charge in [-0.05, 0) is 36.4 Å². The van der Waals surface area contributed by atoms with Gasteiger partial charge in [-0.1, -0.05) is 0 Å². The maximum atomic E-state index is 14.3. The molecule has 0 aliphatic heterocycles. The quantitative estimate of drug-likeness (QED) is 0.537. The summed E-state index contributed by atoms with van der Waals surface area (Å²) < 4.78 is 40.4. The van der Waals surface area contributed by atoms with E-state index in [2.05, 4.69) is 15.6 Å². The molecule has 0 bridgehead atoms. The van der Waals surface area contributed by atoms with Crippen molar-refractivity contribution in [1.29, 1.82) is 0 Å². The highest BCUT2D eigenvalue weighted by molar-refractivity contribution is 8.00. The molecule has 3 aromatic rings. The lowest BCUT2D eigenvalue weighted by Gasteiger charge is -2.05. The van der Waals surface area contributed by atoms with Crippen molar-refractivity contribution < 1.29 is 22.8 Å². The van der Waals surface area contributed by atoms with Gasteiger partial charge in [0.2, 0.25) is 11.8 Å². The van der Waals surface area contributed by atoms with E-state index in [0.717, 1.165) is 35.2 Å². The molecule has 0 radical (unpaired) electrons. The highest BCUT2D eigenvalue weighted by Gasteiger charge is 2.13. The number of nitrogens with one attached hydrogen (secondary N) is 2. The number of carbonyl (C=O) groups excluding carboxylic acids is 2. The van der Waals surface area contributed by atoms with Gasteiger partial charge in [0.1, 0.15) is 5.82 Å². The lowest BCUT2D eigenvalue weighted by atomic mass is 10.1. The van der Waals surface area contributed by atoms with Crippen LogP contribution in [0.3, 0.4) is 0 Å². The molecule has 5 nitrogen and oxygen atoms in total. The van der Waals surface area contributed by atoms with Gasteiger partial charge in [-0.3, -0.25) is 9.59 Å². The topological polar surface area (TPSA) is 71.1 Å². The first-order chi connectivity index (χ1) is 13.8. The van der Waals surface area contributed by atoms with Crippen LogP contribution < -0.4 is 10.6 Å². The SMILES string of the molecule is CC(=O)Nc1ccc(-c2csc(NC(=O)CSc3ccc(F)c(F)c3)n2)c(F)c1. The van der Waals surface area contributed by atoms with Gasteiger partial charge in [-0.2, -0.15) is 0 Å². The third-order valence-electron chi connectivity index (χ3n) is 3.58. The van der Waals surface area contributed by atoms with Crippen LogP contribution in [0.1, 0.15) is 6.92 Å². The smallest absolute Gasteiger partial charge is 0.236 e. The molecule has 1 heterocycles. The van der Waals surface area contributed by atoms with Gasteiger partial charge in [0.05, 0.1) is 11.4 Å². The standard InChI is InChI=1S/C19H14F3N3O2S2/c1-10(26)23-11-2-4-13(15(21)6-11)17-8-29-19(24-17)25-18(27)9-28-12-3-5-14(20)16(22)7-12/h2-8H,9H2,1H3,(H,23,26)(H,24,25,27). The van der Waals surface area contributed by atoms with E-state index < -0.39 is 17.5 Å². The van der Waals surface area contributed by atoms with Crippen LogP contribution in [0.2, 0.25) is 0 Å². The van der Waals surface area contributed by atoms with Crippen LogP contribution in [0.15, 0.2) is 46.7 Å². The van der Waals surface area contributed by atoms with E-state index >= 15 is 0 Å². The molecular weight excluding hydrogens is 423 g/mol. The van der Waals surface area contributed by atoms with Crippen LogP contribution in [0.5, 0.6) is 0 Å². The Bertz CT molecular complexity index is 1070. The lowest BCUT2D eigenvalue weighted by molar-refractivity contribution is -0.114. The Kier molecular flexibility index (Phi) is 6.55. The van der Waals surface area contributed by atoms with Gasteiger partial charge in [-0.25, -0.2) is 18.2 Å². The summed E-state index contributed by atoms with van der Waals surface area (Å²) in [6.07, 6.45) is 0. The highest BCUT2D eigenvalue weighted by Crippen LogP contribution is 2.29. The van der Waals surface area contributed by atoms with Gasteiger partial charge in [0.25, 0.3) is 0 Å². The van der Waals surface area contributed by atoms with E-state index in [1.165, 1.54) is 25.1 Å². The number of thioether (sulfide) groups is 1. The number of benzene rings is 2. The molecule has 0 saturated carbocycles. The maximum absolute atomic E-state index is 14.3. The van der Waals surface area contributed by atoms with Crippen molar-refractivity contribution >= 4 is 45.7 Å². The second-order valence-electron chi connectivity index (χ2n) is 5.83. The number of nitrogens with zero attached hydrogens (tertiary/aromatic N) is 1. The Morgan fingerprint density at radius 2 is 1.83 bits per heavy atom. The summed E-state index contributed by atoms with van der Waals surface area (Å²) >= 11 is 2.17. The van der Waals surface area contributed by atoms with Crippen molar-refractivity contribution in [3.05, 3.63) is 59.2 Å². The first-order valence-corrected chi connectivity index (χ1v) is 10.1. The maximum Gasteiger partial charge on any atom is 0.236 e. The summed E-state index contributed by atoms with van der Waals surface area (Å²) in [5.41, 5.74) is 0.897. The van der Waals surface area contributed by atoms with Crippen LogP contribution in [-0.4, -0.2) is 22.6 Å². The van der Waals surface area contributed by atoms with Crippen molar-refractivity contribution in [2.75, 3.05) is 16.4 Å². The van der Waals surface area contributed by atoms with Crippen molar-refractivity contribution in [1.82, 2.24) is 4.98 Å². The fourth-order valence-corrected chi connectivity index (χ4v) is 3.78. The number of hydrogen-bond acceptors (Lipinski definition) is 5. The monoisotopic (exact) mass is 437 g/mol. The second-order valence-corrected chi connectivity index (χ2v) is 7.73. The lowest BCUT2D eigenvalue weighted by Crippen LogP contribution is -2.13. The Morgan fingerprint density at radius 1 is 1.03 bits per heavy atom. The zero-order valence-corrected chi connectivity index (χ0v) is 16.6. The Balaban J connectivity index is 1.61. The molecule has 0 atom stereocenters. The first kappa shape index (κ1) is 20.9. The molecule has 0 spiro atoms. The van der Waals surface area contributed by atoms with Crippen LogP contribution in [0.25, 0.3) is 11.3 Å². The molecule has 29 heavy (non-hydrogen) atoms. The molecule has 150 valence electrons. The molecule has 0 saturated heterocycles. The van der Waals surface area contributed by atoms with Crippen LogP contribution in [0.4, 0.5) is 24.0 Å². The summed E-state index contributed by atoms with van der Waals surface area (Å²) in [5, 5.41) is 6.95. The number of halogens is 3. The fraction of sp³-hybridized carbons (Fsp3) is 0.105. The number of amides is 2. The molecule has 1 aromatic heterocycles. The van der Waals surface area contributed by atoms with E-state index in [4.69, 9.17) is 0 Å². The Hall–Kier alpha value is -2.85. The minimum Gasteiger partial charge on any atom is -0.326 e. The molecule has 3 rings (SSSR count). The summed E-state index contributed by atoms with van der Waals surface area (Å²) in [7, 11) is 0. The average Bonchev–Trinajstić information content (AvgIpc) is 3.10. The zero-order valence-electron chi connectivity index (χ0n) is 15.0. The third-order valence-corrected chi connectivity index (χ3v) is 5.33. The number of aromatic nitrogens is 1. The predicted molar refractivity (Wildman–Crippen MR) is 108 cm³/mol. The molecule has 0 fully saturated rings. The van der Waals surface area contributed by atoms with Crippen molar-refractivity contribution in [2.45, 2.75) is 11.8 Å². The van der Waals surface area contributed by atoms with Gasteiger partial charge >= 0.3 is 0 Å². The van der Waals surface area contributed by atoms with E-state index in [-0.39, 0.29) is 28.3 Å². The fourth-order valence-electron chi connectivity index (χ4n) is 2.33. The molecule has 2 amide bonds. The van der Waals surface area contributed by atoms with Crippen LogP contribution in [-0.2, 0) is 9.59 Å². The average molecular weight is 437 g/mol. The second kappa shape index (κ2) is 9.10. The number of rotatable bonds is 6. The van der Waals surface area contributed by atoms with Gasteiger partial charge < -0.3 is 10.6 Å². The number of hydrogen-bond donors (Lipinski definition) is 2. The number of carbonyl (C=O) groups is 2. The Morgan fingerprint density at radius 3 is 2.52 bits per heavy atom. The Labute approximate surface area is 172 Å². The largest absolute Gasteiger partial charge is 0.326 e. The van der Waals surface area contributed by atoms with Crippen molar-refractivity contribution in [2.24, 2.45) is 0 Å². The molecule has 0 aliphatic rings. The van der Waals surface area contributed by atoms with Crippen LogP contribution in [0, 0.1) is 17.5 Å². The van der Waals surface area contributed by atoms with Crippen LogP contribution >= 0.6 is 23.1 Å². The molecule has 2 aromatic carbocycles. The minimum atomic E-state index is -0.980. The van der Waals surface area contributed by atoms with E-state index in [9.17, 15) is 22.8 Å². The minimum absolute atomic E-state index is 0.0280. The highest BCUT2D eigenvalue weighted by atomic mass is 32.2. The molecule has 10 heteroatoms. The molecule has 2 N–H and O–H groups in total. The van der Waals surface area contributed by atoms with Gasteiger partial charge in [0, 0.05) is 28.5 Å². The van der Waals surface area contributed by atoms with Crippen molar-refractivity contribution in [3.63, 3.8) is 0 Å². The molecular formula is C19H14F3N3O2S2. The number of anilines is 2. The molecule has 0 unspecified atom stereocenters. The van der Waals surface area contributed by atoms with E-state index in [1.807, 2.05) is 0 Å². The van der Waals surface area contributed by atoms with Gasteiger partial charge in [-0.15, -0.1) is 23.1 Å². The summed E-state index contributed by atoms with van der Waals surface area (Å²) in [4.78, 5) is 27.7. The van der Waals surface area contributed by atoms with E-state index in [1.54, 1.807) is 11.4 Å². The summed E-state index contributed by atoms with van der Waals surface area (Å²) in [6.45, 7) is 1.33. The normalized spacial score (nSPS) is 10.6. The van der Waals surface area contributed by atoms with Gasteiger partial charge in [0.15, 0.2) is 16.8 Å². The summed E-state index contributed by atoms with van der Waals surface area (Å²) in [6, 6.07) is 7.62. The zero-order chi connectivity index (χ0) is 21.0. The first-order valence-electron chi connectivity index (χ1n) is 8.22. The number of thiazole rings is 1. The van der Waals surface area contributed by atoms with E-state index in [0.29, 0.717) is 16.3 Å². The van der Waals surface area contributed by atoms with Crippen molar-refractivity contribution in [3.8, 4) is 11.3 Å².